The standard InChI is InChI=1S/C18H16FN3O3/c1-24-14-8-6-12(7-9-14)18-21-17(25-22-18)11-20-16(23)10-13-4-2-3-5-15(13)19/h2-9H,10-11H2,1H3,(H,20,23). The van der Waals surface area contributed by atoms with Gasteiger partial charge in [-0.25, -0.2) is 4.39 Å². The number of ether oxygens (including phenoxy) is 1. The van der Waals surface area contributed by atoms with E-state index in [1.165, 1.54) is 6.07 Å². The number of benzene rings is 2. The van der Waals surface area contributed by atoms with Crippen LogP contribution in [0.2, 0.25) is 0 Å². The van der Waals surface area contributed by atoms with Crippen LogP contribution in [-0.4, -0.2) is 23.2 Å². The molecule has 7 heteroatoms. The van der Waals surface area contributed by atoms with E-state index in [2.05, 4.69) is 15.5 Å². The van der Waals surface area contributed by atoms with Crippen LogP contribution in [0.5, 0.6) is 5.75 Å². The first kappa shape index (κ1) is 16.6. The normalized spacial score (nSPS) is 10.5. The lowest BCUT2D eigenvalue weighted by Crippen LogP contribution is -2.25. The van der Waals surface area contributed by atoms with Crippen LogP contribution >= 0.6 is 0 Å². The maximum atomic E-state index is 13.5. The molecule has 25 heavy (non-hydrogen) atoms. The minimum absolute atomic E-state index is 0.0495. The Morgan fingerprint density at radius 3 is 2.68 bits per heavy atom. The van der Waals surface area contributed by atoms with Crippen molar-refractivity contribution in [2.45, 2.75) is 13.0 Å². The quantitative estimate of drug-likeness (QED) is 0.746. The van der Waals surface area contributed by atoms with Crippen LogP contribution in [0.1, 0.15) is 11.5 Å². The topological polar surface area (TPSA) is 77.3 Å². The first-order valence-electron chi connectivity index (χ1n) is 7.63. The number of amides is 1. The molecule has 0 unspecified atom stereocenters. The van der Waals surface area contributed by atoms with Gasteiger partial charge in [-0.3, -0.25) is 4.79 Å². The SMILES string of the molecule is COc1ccc(-c2noc(CNC(=O)Cc3ccccc3F)n2)cc1. The van der Waals surface area contributed by atoms with Crippen LogP contribution in [0, 0.1) is 5.82 Å². The number of aromatic nitrogens is 2. The number of carbonyl (C=O) groups is 1. The predicted molar refractivity (Wildman–Crippen MR) is 88.2 cm³/mol. The molecule has 0 bridgehead atoms. The Balaban J connectivity index is 1.58. The molecule has 2 aromatic carbocycles. The van der Waals surface area contributed by atoms with Gasteiger partial charge in [-0.1, -0.05) is 23.4 Å². The summed E-state index contributed by atoms with van der Waals surface area (Å²) in [5.74, 6) is 0.688. The van der Waals surface area contributed by atoms with Gasteiger partial charge in [-0.15, -0.1) is 0 Å². The zero-order valence-electron chi connectivity index (χ0n) is 13.5. The summed E-state index contributed by atoms with van der Waals surface area (Å²) in [6.07, 6.45) is -0.0495. The van der Waals surface area contributed by atoms with Crippen LogP contribution in [0.4, 0.5) is 4.39 Å². The van der Waals surface area contributed by atoms with Crippen LogP contribution in [0.3, 0.4) is 0 Å². The number of carbonyl (C=O) groups excluding carboxylic acids is 1. The second-order valence-electron chi connectivity index (χ2n) is 5.29. The lowest BCUT2D eigenvalue weighted by molar-refractivity contribution is -0.120. The third-order valence-electron chi connectivity index (χ3n) is 3.56. The highest BCUT2D eigenvalue weighted by atomic mass is 19.1. The van der Waals surface area contributed by atoms with E-state index in [1.807, 2.05) is 12.1 Å². The van der Waals surface area contributed by atoms with Crippen LogP contribution in [0.25, 0.3) is 11.4 Å². The molecule has 0 aliphatic carbocycles. The molecular formula is C18H16FN3O3. The fraction of sp³-hybridized carbons (Fsp3) is 0.167. The molecule has 0 aliphatic heterocycles. The largest absolute Gasteiger partial charge is 0.497 e. The van der Waals surface area contributed by atoms with Gasteiger partial charge in [0, 0.05) is 5.56 Å². The summed E-state index contributed by atoms with van der Waals surface area (Å²) in [4.78, 5) is 16.1. The lowest BCUT2D eigenvalue weighted by Gasteiger charge is -2.03. The highest BCUT2D eigenvalue weighted by molar-refractivity contribution is 5.78. The fourth-order valence-corrected chi connectivity index (χ4v) is 2.24. The first-order chi connectivity index (χ1) is 12.2. The summed E-state index contributed by atoms with van der Waals surface area (Å²) in [5, 5.41) is 6.52. The predicted octanol–water partition coefficient (Wildman–Crippen LogP) is 2.74. The number of halogens is 1. The van der Waals surface area contributed by atoms with Crippen molar-refractivity contribution in [3.8, 4) is 17.1 Å². The average Bonchev–Trinajstić information content (AvgIpc) is 3.11. The van der Waals surface area contributed by atoms with E-state index < -0.39 is 5.82 Å². The third-order valence-corrected chi connectivity index (χ3v) is 3.56. The summed E-state index contributed by atoms with van der Waals surface area (Å²) < 4.78 is 23.7. The van der Waals surface area contributed by atoms with Gasteiger partial charge in [0.1, 0.15) is 11.6 Å². The van der Waals surface area contributed by atoms with E-state index in [9.17, 15) is 9.18 Å². The van der Waals surface area contributed by atoms with E-state index in [0.29, 0.717) is 11.4 Å². The molecule has 0 atom stereocenters. The van der Waals surface area contributed by atoms with E-state index in [-0.39, 0.29) is 24.8 Å². The summed E-state index contributed by atoms with van der Waals surface area (Å²) >= 11 is 0. The number of hydrogen-bond acceptors (Lipinski definition) is 5. The summed E-state index contributed by atoms with van der Waals surface area (Å²) in [6.45, 7) is 0.0798. The second kappa shape index (κ2) is 7.57. The molecule has 1 N–H and O–H groups in total. The fourth-order valence-electron chi connectivity index (χ4n) is 2.24. The molecule has 3 rings (SSSR count). The second-order valence-corrected chi connectivity index (χ2v) is 5.29. The minimum Gasteiger partial charge on any atom is -0.497 e. The Bertz CT molecular complexity index is 862. The summed E-state index contributed by atoms with van der Waals surface area (Å²) in [7, 11) is 1.59. The van der Waals surface area contributed by atoms with Gasteiger partial charge < -0.3 is 14.6 Å². The Morgan fingerprint density at radius 1 is 1.20 bits per heavy atom. The summed E-state index contributed by atoms with van der Waals surface area (Å²) in [5.41, 5.74) is 1.11. The van der Waals surface area contributed by atoms with Gasteiger partial charge in [0.05, 0.1) is 20.1 Å². The van der Waals surface area contributed by atoms with Crippen molar-refractivity contribution in [3.05, 3.63) is 65.8 Å². The van der Waals surface area contributed by atoms with E-state index in [4.69, 9.17) is 9.26 Å². The molecule has 1 heterocycles. The molecule has 1 amide bonds. The molecule has 0 saturated carbocycles. The number of nitrogens with one attached hydrogen (secondary N) is 1. The Kier molecular flexibility index (Phi) is 5.03. The van der Waals surface area contributed by atoms with E-state index >= 15 is 0 Å². The number of nitrogens with zero attached hydrogens (tertiary/aromatic N) is 2. The van der Waals surface area contributed by atoms with E-state index in [0.717, 1.165) is 11.3 Å². The molecule has 0 spiro atoms. The minimum atomic E-state index is -0.405. The molecule has 0 saturated heterocycles. The third kappa shape index (κ3) is 4.20. The van der Waals surface area contributed by atoms with Crippen molar-refractivity contribution in [1.82, 2.24) is 15.5 Å². The molecule has 128 valence electrons. The van der Waals surface area contributed by atoms with Crippen molar-refractivity contribution in [1.29, 1.82) is 0 Å². The Morgan fingerprint density at radius 2 is 1.96 bits per heavy atom. The number of hydrogen-bond donors (Lipinski definition) is 1. The van der Waals surface area contributed by atoms with Crippen molar-refractivity contribution < 1.29 is 18.4 Å². The van der Waals surface area contributed by atoms with Crippen LogP contribution in [-0.2, 0) is 17.8 Å². The molecule has 6 nitrogen and oxygen atoms in total. The smallest absolute Gasteiger partial charge is 0.246 e. The zero-order valence-corrected chi connectivity index (χ0v) is 13.5. The van der Waals surface area contributed by atoms with Gasteiger partial charge in [0.2, 0.25) is 17.6 Å². The van der Waals surface area contributed by atoms with Crippen molar-refractivity contribution in [2.24, 2.45) is 0 Å². The maximum absolute atomic E-state index is 13.5. The average molecular weight is 341 g/mol. The van der Waals surface area contributed by atoms with Crippen LogP contribution < -0.4 is 10.1 Å². The van der Waals surface area contributed by atoms with Gasteiger partial charge in [0.25, 0.3) is 0 Å². The zero-order chi connectivity index (χ0) is 17.6. The maximum Gasteiger partial charge on any atom is 0.246 e. The number of methoxy groups -OCH3 is 1. The van der Waals surface area contributed by atoms with Crippen molar-refractivity contribution in [2.75, 3.05) is 7.11 Å². The summed E-state index contributed by atoms with van der Waals surface area (Å²) in [6, 6.07) is 13.4. The molecule has 0 aliphatic rings. The highest BCUT2D eigenvalue weighted by Gasteiger charge is 2.11. The van der Waals surface area contributed by atoms with Gasteiger partial charge in [0.15, 0.2) is 0 Å². The highest BCUT2D eigenvalue weighted by Crippen LogP contribution is 2.19. The van der Waals surface area contributed by atoms with E-state index in [1.54, 1.807) is 37.4 Å². The first-order valence-corrected chi connectivity index (χ1v) is 7.63. The molecular weight excluding hydrogens is 325 g/mol. The van der Waals surface area contributed by atoms with Crippen molar-refractivity contribution >= 4 is 5.91 Å². The monoisotopic (exact) mass is 341 g/mol. The van der Waals surface area contributed by atoms with Gasteiger partial charge >= 0.3 is 0 Å². The van der Waals surface area contributed by atoms with Crippen LogP contribution in [0.15, 0.2) is 53.1 Å². The molecule has 0 radical (unpaired) electrons. The molecule has 1 aromatic heterocycles. The van der Waals surface area contributed by atoms with Gasteiger partial charge in [-0.05, 0) is 35.9 Å². The molecule has 3 aromatic rings. The molecule has 0 fully saturated rings. The Labute approximate surface area is 143 Å². The lowest BCUT2D eigenvalue weighted by atomic mass is 10.1. The van der Waals surface area contributed by atoms with Crippen molar-refractivity contribution in [3.63, 3.8) is 0 Å². The number of rotatable bonds is 6. The Hall–Kier alpha value is -3.22. The van der Waals surface area contributed by atoms with Gasteiger partial charge in [-0.2, -0.15) is 4.98 Å².